The molecule has 2 atom stereocenters. The molecule has 24 heteroatoms. The molecule has 0 aromatic carbocycles. The van der Waals surface area contributed by atoms with E-state index in [2.05, 4.69) is 0 Å². The van der Waals surface area contributed by atoms with Gasteiger partial charge in [-0.05, 0) is 6.08 Å². The molecule has 0 saturated heterocycles. The third kappa shape index (κ3) is 5.02. The molecule has 0 amide bonds. The first-order valence-corrected chi connectivity index (χ1v) is 8.10. The summed E-state index contributed by atoms with van der Waals surface area (Å²) in [7, 11) is 0. The van der Waals surface area contributed by atoms with E-state index >= 15 is 0 Å². The highest BCUT2D eigenvalue weighted by Crippen LogP contribution is 2.57. The Labute approximate surface area is 192 Å². The van der Waals surface area contributed by atoms with E-state index in [1.807, 2.05) is 0 Å². The molecular formula is C14HF19O5. The lowest BCUT2D eigenvalue weighted by Crippen LogP contribution is -2.70. The highest BCUT2D eigenvalue weighted by molar-refractivity contribution is 6.30. The summed E-state index contributed by atoms with van der Waals surface area (Å²) in [6.07, 6.45) is -48.7. The number of hydrogen-bond acceptors (Lipinski definition) is 5. The van der Waals surface area contributed by atoms with Crippen LogP contribution in [0.1, 0.15) is 0 Å². The smallest absolute Gasteiger partial charge is 0.291 e. The van der Waals surface area contributed by atoms with E-state index in [1.54, 1.807) is 9.47 Å². The predicted octanol–water partition coefficient (Wildman–Crippen LogP) is 5.35. The molecule has 0 radical (unpaired) electrons. The molecular weight excluding hydrogens is 609 g/mol. The molecule has 220 valence electrons. The molecule has 0 spiro atoms. The second kappa shape index (κ2) is 8.67. The molecule has 1 aliphatic rings. The maximum Gasteiger partial charge on any atom is 0.458 e. The maximum absolute atomic E-state index is 14.6. The summed E-state index contributed by atoms with van der Waals surface area (Å²) in [5, 5.41) is 0. The first kappa shape index (κ1) is 33.4. The lowest BCUT2D eigenvalue weighted by molar-refractivity contribution is -0.522. The van der Waals surface area contributed by atoms with Crippen LogP contribution in [0, 0.1) is 5.41 Å². The minimum Gasteiger partial charge on any atom is -0.291 e. The fraction of sp³-hybridized carbons (Fsp3) is 0.643. The van der Waals surface area contributed by atoms with Crippen LogP contribution in [0.5, 0.6) is 0 Å². The molecule has 1 rings (SSSR count). The van der Waals surface area contributed by atoms with Gasteiger partial charge in [0.15, 0.2) is 11.2 Å². The predicted molar refractivity (Wildman–Crippen MR) is 70.6 cm³/mol. The van der Waals surface area contributed by atoms with E-state index in [0.29, 0.717) is 0 Å². The molecule has 0 aromatic rings. The number of alkyl halides is 18. The van der Waals surface area contributed by atoms with E-state index in [9.17, 15) is 97.8 Å². The first-order chi connectivity index (χ1) is 16.3. The van der Waals surface area contributed by atoms with Gasteiger partial charge in [0, 0.05) is 0 Å². The van der Waals surface area contributed by atoms with Crippen LogP contribution in [0.3, 0.4) is 0 Å². The summed E-state index contributed by atoms with van der Waals surface area (Å²) >= 11 is 0. The van der Waals surface area contributed by atoms with Gasteiger partial charge in [0.25, 0.3) is 11.6 Å². The van der Waals surface area contributed by atoms with Crippen molar-refractivity contribution in [3.8, 4) is 0 Å². The largest absolute Gasteiger partial charge is 0.458 e. The van der Waals surface area contributed by atoms with Crippen molar-refractivity contribution in [2.24, 2.45) is 5.41 Å². The molecule has 0 N–H and O–H groups in total. The molecule has 5 nitrogen and oxygen atoms in total. The van der Waals surface area contributed by atoms with Crippen molar-refractivity contribution in [1.82, 2.24) is 0 Å². The summed E-state index contributed by atoms with van der Waals surface area (Å²) in [4.78, 5) is 35.1. The van der Waals surface area contributed by atoms with Crippen LogP contribution < -0.4 is 0 Å². The fourth-order valence-corrected chi connectivity index (χ4v) is 2.46. The van der Waals surface area contributed by atoms with E-state index in [1.165, 1.54) is 0 Å². The molecule has 1 heterocycles. The standard InChI is InChI=1S/C14HF19O5/c15-2-1-6(4(35)8(17,18)19,5(36)9(20,21)22)3(34)7(16,12(26,27)28)37-14(32,33)11(25,13(29,30)31)38-10(2,23)24/h1H/b2-1+. The number of rotatable bonds is 2. The zero-order valence-corrected chi connectivity index (χ0v) is 16.3. The number of ketones is 3. The minimum atomic E-state index is -8.10. The Morgan fingerprint density at radius 2 is 1.03 bits per heavy atom. The van der Waals surface area contributed by atoms with Crippen LogP contribution in [0.15, 0.2) is 11.9 Å². The summed E-state index contributed by atoms with van der Waals surface area (Å²) in [5.41, 5.74) is -7.00. The number of carbonyl (C=O) groups excluding carboxylic acids is 3. The van der Waals surface area contributed by atoms with E-state index in [0.717, 1.165) is 0 Å². The van der Waals surface area contributed by atoms with Gasteiger partial charge in [-0.2, -0.15) is 79.0 Å². The summed E-state index contributed by atoms with van der Waals surface area (Å²) in [6, 6.07) is 0. The number of halogens is 19. The number of allylic oxidation sites excluding steroid dienone is 1. The topological polar surface area (TPSA) is 69.7 Å². The van der Waals surface area contributed by atoms with Crippen molar-refractivity contribution >= 4 is 17.3 Å². The van der Waals surface area contributed by atoms with Gasteiger partial charge in [0.2, 0.25) is 5.78 Å². The number of Topliss-reactive ketones (excluding diaryl/α,β-unsaturated/α-hetero) is 3. The summed E-state index contributed by atoms with van der Waals surface area (Å²) in [6.45, 7) is 0. The van der Waals surface area contributed by atoms with Crippen LogP contribution in [0.25, 0.3) is 0 Å². The Balaban J connectivity index is 4.58. The molecule has 38 heavy (non-hydrogen) atoms. The Hall–Kier alpha value is -2.66. The van der Waals surface area contributed by atoms with Gasteiger partial charge in [0.1, 0.15) is 0 Å². The zero-order valence-electron chi connectivity index (χ0n) is 16.3. The van der Waals surface area contributed by atoms with Gasteiger partial charge in [-0.25, -0.2) is 4.39 Å². The van der Waals surface area contributed by atoms with Crippen molar-refractivity contribution in [2.75, 3.05) is 0 Å². The first-order valence-electron chi connectivity index (χ1n) is 8.10. The molecule has 2 unspecified atom stereocenters. The third-order valence-electron chi connectivity index (χ3n) is 4.14. The molecule has 1 aliphatic heterocycles. The average molecular weight is 610 g/mol. The Morgan fingerprint density at radius 1 is 0.658 bits per heavy atom. The second-order valence-corrected chi connectivity index (χ2v) is 6.71. The third-order valence-corrected chi connectivity index (χ3v) is 4.14. The fourth-order valence-electron chi connectivity index (χ4n) is 2.46. The van der Waals surface area contributed by atoms with Gasteiger partial charge in [-0.15, -0.1) is 0 Å². The van der Waals surface area contributed by atoms with E-state index < -0.39 is 83.3 Å². The van der Waals surface area contributed by atoms with Crippen molar-refractivity contribution in [3.05, 3.63) is 11.9 Å². The lowest BCUT2D eigenvalue weighted by atomic mass is 9.71. The van der Waals surface area contributed by atoms with Gasteiger partial charge in [0.05, 0.1) is 0 Å². The van der Waals surface area contributed by atoms with Crippen LogP contribution in [-0.2, 0) is 23.9 Å². The highest BCUT2D eigenvalue weighted by Gasteiger charge is 2.85. The Kier molecular flexibility index (Phi) is 7.62. The van der Waals surface area contributed by atoms with Gasteiger partial charge >= 0.3 is 48.6 Å². The molecule has 0 aliphatic carbocycles. The summed E-state index contributed by atoms with van der Waals surface area (Å²) < 4.78 is 257. The van der Waals surface area contributed by atoms with Crippen LogP contribution >= 0.6 is 0 Å². The number of hydrogen-bond donors (Lipinski definition) is 0. The molecule has 0 bridgehead atoms. The zero-order chi connectivity index (χ0) is 30.9. The van der Waals surface area contributed by atoms with Gasteiger partial charge < -0.3 is 0 Å². The van der Waals surface area contributed by atoms with Crippen LogP contribution in [0.4, 0.5) is 83.4 Å². The highest BCUT2D eigenvalue weighted by atomic mass is 19.4. The SMILES string of the molecule is O=C(C(F)(F)F)C1(C(=O)C(F)(F)F)/C=C(/F)C(F)(F)OC(F)(C(F)(F)F)C(F)(F)OC(F)(C(F)(F)F)C1=O. The van der Waals surface area contributed by atoms with Crippen molar-refractivity contribution < 1.29 is 107 Å². The second-order valence-electron chi connectivity index (χ2n) is 6.71. The minimum absolute atomic E-state index is 1.61. The number of ether oxygens (including phenoxy) is 2. The normalized spacial score (nSPS) is 30.3. The quantitative estimate of drug-likeness (QED) is 0.312. The van der Waals surface area contributed by atoms with E-state index in [-0.39, 0.29) is 0 Å². The van der Waals surface area contributed by atoms with Gasteiger partial charge in [-0.1, -0.05) is 0 Å². The lowest BCUT2D eigenvalue weighted by Gasteiger charge is -2.41. The molecule has 0 aromatic heterocycles. The van der Waals surface area contributed by atoms with E-state index in [4.69, 9.17) is 0 Å². The average Bonchev–Trinajstić information content (AvgIpc) is 2.65. The monoisotopic (exact) mass is 610 g/mol. The van der Waals surface area contributed by atoms with Crippen molar-refractivity contribution in [2.45, 2.75) is 48.6 Å². The molecule has 0 fully saturated rings. The maximum atomic E-state index is 14.6. The van der Waals surface area contributed by atoms with Crippen LogP contribution in [0.2, 0.25) is 0 Å². The Morgan fingerprint density at radius 3 is 1.32 bits per heavy atom. The molecule has 0 saturated carbocycles. The van der Waals surface area contributed by atoms with Crippen molar-refractivity contribution in [1.29, 1.82) is 0 Å². The summed E-state index contributed by atoms with van der Waals surface area (Å²) in [5.74, 6) is -36.0. The van der Waals surface area contributed by atoms with Crippen LogP contribution in [-0.4, -0.2) is 66.0 Å². The Bertz CT molecular complexity index is 1000. The number of carbonyl (C=O) groups is 3. The van der Waals surface area contributed by atoms with Gasteiger partial charge in [-0.3, -0.25) is 23.9 Å². The van der Waals surface area contributed by atoms with Crippen molar-refractivity contribution in [3.63, 3.8) is 0 Å².